The molecule has 4 nitrogen and oxygen atoms in total. The zero-order valence-corrected chi connectivity index (χ0v) is 14.2. The molecule has 0 saturated heterocycles. The second-order valence-corrected chi connectivity index (χ2v) is 6.71. The van der Waals surface area contributed by atoms with E-state index in [1.54, 1.807) is 11.3 Å². The number of nitrogens with zero attached hydrogens (tertiary/aromatic N) is 2. The summed E-state index contributed by atoms with van der Waals surface area (Å²) in [6.45, 7) is 10.3. The Hall–Kier alpha value is -1.36. The number of aryl methyl sites for hydroxylation is 1. The molecule has 0 radical (unpaired) electrons. The molecule has 0 saturated carbocycles. The number of rotatable bonds is 8. The summed E-state index contributed by atoms with van der Waals surface area (Å²) < 4.78 is 5.92. The lowest BCUT2D eigenvalue weighted by atomic mass is 10.1. The first kappa shape index (κ1) is 16.0. The molecule has 5 heteroatoms. The van der Waals surface area contributed by atoms with Crippen LogP contribution in [0, 0.1) is 5.92 Å². The van der Waals surface area contributed by atoms with Gasteiger partial charge in [-0.2, -0.15) is 4.98 Å². The fourth-order valence-electron chi connectivity index (χ4n) is 1.94. The van der Waals surface area contributed by atoms with Crippen molar-refractivity contribution in [1.82, 2.24) is 9.97 Å². The quantitative estimate of drug-likeness (QED) is 0.780. The van der Waals surface area contributed by atoms with Crippen LogP contribution in [0.15, 0.2) is 6.07 Å². The van der Waals surface area contributed by atoms with Crippen LogP contribution in [0.3, 0.4) is 0 Å². The van der Waals surface area contributed by atoms with Gasteiger partial charge in [-0.25, -0.2) is 4.98 Å². The Morgan fingerprint density at radius 1 is 1.29 bits per heavy atom. The first-order chi connectivity index (χ1) is 10.1. The molecule has 2 aromatic rings. The molecule has 2 aromatic heterocycles. The number of thiophene rings is 1. The molecule has 1 N–H and O–H groups in total. The zero-order valence-electron chi connectivity index (χ0n) is 13.4. The summed E-state index contributed by atoms with van der Waals surface area (Å²) in [5.41, 5.74) is 0. The Morgan fingerprint density at radius 3 is 2.76 bits per heavy atom. The SMILES string of the molecule is CCCNc1nc(OCCC(C)C)c2cc(CC)sc2n1. The highest BCUT2D eigenvalue weighted by Gasteiger charge is 2.12. The highest BCUT2D eigenvalue weighted by Crippen LogP contribution is 2.31. The van der Waals surface area contributed by atoms with Crippen LogP contribution in [0.4, 0.5) is 5.95 Å². The smallest absolute Gasteiger partial charge is 0.227 e. The van der Waals surface area contributed by atoms with Gasteiger partial charge >= 0.3 is 0 Å². The van der Waals surface area contributed by atoms with Gasteiger partial charge in [0.2, 0.25) is 11.8 Å². The van der Waals surface area contributed by atoms with Crippen LogP contribution in [-0.4, -0.2) is 23.1 Å². The highest BCUT2D eigenvalue weighted by atomic mass is 32.1. The Balaban J connectivity index is 2.27. The maximum Gasteiger partial charge on any atom is 0.227 e. The summed E-state index contributed by atoms with van der Waals surface area (Å²) in [5, 5.41) is 4.30. The zero-order chi connectivity index (χ0) is 15.2. The summed E-state index contributed by atoms with van der Waals surface area (Å²) >= 11 is 1.73. The minimum Gasteiger partial charge on any atom is -0.477 e. The van der Waals surface area contributed by atoms with E-state index in [2.05, 4.69) is 49.0 Å². The topological polar surface area (TPSA) is 47.0 Å². The number of fused-ring (bicyclic) bond motifs is 1. The van der Waals surface area contributed by atoms with Crippen molar-refractivity contribution < 1.29 is 4.74 Å². The molecule has 0 aliphatic carbocycles. The molecule has 0 aliphatic rings. The van der Waals surface area contributed by atoms with Crippen molar-refractivity contribution in [1.29, 1.82) is 0 Å². The Kier molecular flexibility index (Phi) is 5.79. The summed E-state index contributed by atoms with van der Waals surface area (Å²) in [4.78, 5) is 11.5. The first-order valence-electron chi connectivity index (χ1n) is 7.81. The van der Waals surface area contributed by atoms with Crippen LogP contribution in [0.25, 0.3) is 10.2 Å². The van der Waals surface area contributed by atoms with Crippen molar-refractivity contribution in [3.8, 4) is 5.88 Å². The molecular weight excluding hydrogens is 282 g/mol. The number of nitrogens with one attached hydrogen (secondary N) is 1. The molecule has 0 aliphatic heterocycles. The van der Waals surface area contributed by atoms with Crippen LogP contribution in [0.5, 0.6) is 5.88 Å². The van der Waals surface area contributed by atoms with E-state index in [9.17, 15) is 0 Å². The Bertz CT molecular complexity index is 580. The lowest BCUT2D eigenvalue weighted by Crippen LogP contribution is -2.07. The summed E-state index contributed by atoms with van der Waals surface area (Å²) in [6, 6.07) is 2.16. The van der Waals surface area contributed by atoms with Crippen molar-refractivity contribution in [2.45, 2.75) is 47.0 Å². The molecule has 0 fully saturated rings. The van der Waals surface area contributed by atoms with Crippen LogP contribution in [0.1, 0.15) is 45.4 Å². The molecule has 0 bridgehead atoms. The number of aromatic nitrogens is 2. The van der Waals surface area contributed by atoms with E-state index in [4.69, 9.17) is 4.74 Å². The van der Waals surface area contributed by atoms with Gasteiger partial charge in [0.1, 0.15) is 4.83 Å². The second-order valence-electron chi connectivity index (χ2n) is 5.60. The summed E-state index contributed by atoms with van der Waals surface area (Å²) in [6.07, 6.45) is 3.10. The molecule has 0 spiro atoms. The maximum absolute atomic E-state index is 5.92. The van der Waals surface area contributed by atoms with Crippen molar-refractivity contribution in [2.75, 3.05) is 18.5 Å². The van der Waals surface area contributed by atoms with Gasteiger partial charge in [-0.05, 0) is 31.2 Å². The average Bonchev–Trinajstić information content (AvgIpc) is 2.88. The maximum atomic E-state index is 5.92. The minimum atomic E-state index is 0.633. The predicted octanol–water partition coefficient (Wildman–Crippen LogP) is 4.50. The van der Waals surface area contributed by atoms with E-state index < -0.39 is 0 Å². The van der Waals surface area contributed by atoms with Gasteiger partial charge in [-0.3, -0.25) is 0 Å². The third-order valence-electron chi connectivity index (χ3n) is 3.22. The monoisotopic (exact) mass is 307 g/mol. The van der Waals surface area contributed by atoms with Crippen LogP contribution >= 0.6 is 11.3 Å². The molecule has 21 heavy (non-hydrogen) atoms. The lowest BCUT2D eigenvalue weighted by Gasteiger charge is -2.10. The van der Waals surface area contributed by atoms with Gasteiger partial charge in [0.15, 0.2) is 0 Å². The summed E-state index contributed by atoms with van der Waals surface area (Å²) in [7, 11) is 0. The third-order valence-corrected chi connectivity index (χ3v) is 4.40. The number of hydrogen-bond acceptors (Lipinski definition) is 5. The Morgan fingerprint density at radius 2 is 2.10 bits per heavy atom. The summed E-state index contributed by atoms with van der Waals surface area (Å²) in [5.74, 6) is 2.03. The number of ether oxygens (including phenoxy) is 1. The normalized spacial score (nSPS) is 11.3. The van der Waals surface area contributed by atoms with E-state index in [1.807, 2.05) is 0 Å². The molecule has 116 valence electrons. The molecule has 2 heterocycles. The van der Waals surface area contributed by atoms with Gasteiger partial charge in [0.25, 0.3) is 0 Å². The van der Waals surface area contributed by atoms with Gasteiger partial charge < -0.3 is 10.1 Å². The first-order valence-corrected chi connectivity index (χ1v) is 8.62. The van der Waals surface area contributed by atoms with E-state index in [0.29, 0.717) is 18.5 Å². The van der Waals surface area contributed by atoms with Crippen molar-refractivity contribution in [3.05, 3.63) is 10.9 Å². The molecule has 0 amide bonds. The van der Waals surface area contributed by atoms with Gasteiger partial charge in [-0.1, -0.05) is 27.7 Å². The van der Waals surface area contributed by atoms with Crippen molar-refractivity contribution >= 4 is 27.5 Å². The average molecular weight is 307 g/mol. The van der Waals surface area contributed by atoms with Gasteiger partial charge in [0, 0.05) is 11.4 Å². The molecular formula is C16H25N3OS. The van der Waals surface area contributed by atoms with Crippen LogP contribution in [-0.2, 0) is 6.42 Å². The van der Waals surface area contributed by atoms with Crippen molar-refractivity contribution in [3.63, 3.8) is 0 Å². The minimum absolute atomic E-state index is 0.633. The van der Waals surface area contributed by atoms with Crippen LogP contribution < -0.4 is 10.1 Å². The van der Waals surface area contributed by atoms with Crippen molar-refractivity contribution in [2.24, 2.45) is 5.92 Å². The molecule has 0 aromatic carbocycles. The third kappa shape index (κ3) is 4.30. The highest BCUT2D eigenvalue weighted by molar-refractivity contribution is 7.18. The van der Waals surface area contributed by atoms with E-state index in [-0.39, 0.29) is 0 Å². The van der Waals surface area contributed by atoms with Gasteiger partial charge in [-0.15, -0.1) is 11.3 Å². The van der Waals surface area contributed by atoms with E-state index in [1.165, 1.54) is 4.88 Å². The fraction of sp³-hybridized carbons (Fsp3) is 0.625. The molecule has 0 atom stereocenters. The Labute approximate surface area is 131 Å². The standard InChI is InChI=1S/C16H25N3OS/c1-5-8-17-16-18-14(20-9-7-11(3)4)13-10-12(6-2)21-15(13)19-16/h10-11H,5-9H2,1-4H3,(H,17,18,19). The number of anilines is 1. The fourth-order valence-corrected chi connectivity index (χ4v) is 2.89. The van der Waals surface area contributed by atoms with E-state index >= 15 is 0 Å². The largest absolute Gasteiger partial charge is 0.477 e. The van der Waals surface area contributed by atoms with E-state index in [0.717, 1.165) is 41.9 Å². The van der Waals surface area contributed by atoms with Gasteiger partial charge in [0.05, 0.1) is 12.0 Å². The molecule has 2 rings (SSSR count). The second kappa shape index (κ2) is 7.59. The van der Waals surface area contributed by atoms with Crippen LogP contribution in [0.2, 0.25) is 0 Å². The predicted molar refractivity (Wildman–Crippen MR) is 90.5 cm³/mol. The number of hydrogen-bond donors (Lipinski definition) is 1. The molecule has 0 unspecified atom stereocenters. The lowest BCUT2D eigenvalue weighted by molar-refractivity contribution is 0.283.